The molecule has 2 aromatic rings. The number of nitrogens with one attached hydrogen (secondary N) is 1. The molecule has 6 heteroatoms. The van der Waals surface area contributed by atoms with E-state index < -0.39 is 5.37 Å². The van der Waals surface area contributed by atoms with Gasteiger partial charge in [-0.1, -0.05) is 34.1 Å². The van der Waals surface area contributed by atoms with E-state index in [-0.39, 0.29) is 11.1 Å². The van der Waals surface area contributed by atoms with Crippen molar-refractivity contribution in [3.05, 3.63) is 58.6 Å². The van der Waals surface area contributed by atoms with Crippen LogP contribution in [0, 0.1) is 6.92 Å². The molecule has 1 N–H and O–H groups in total. The first-order chi connectivity index (χ1) is 10.6. The molecule has 2 aromatic carbocycles. The van der Waals surface area contributed by atoms with Gasteiger partial charge >= 0.3 is 0 Å². The molecule has 4 nitrogen and oxygen atoms in total. The Morgan fingerprint density at radius 3 is 2.45 bits per heavy atom. The molecule has 1 aliphatic heterocycles. The number of imide groups is 1. The van der Waals surface area contributed by atoms with Crippen LogP contribution in [0.2, 0.25) is 0 Å². The molecule has 1 atom stereocenters. The van der Waals surface area contributed by atoms with Gasteiger partial charge in [-0.25, -0.2) is 4.90 Å². The number of benzene rings is 2. The number of thioether (sulfide) groups is 1. The highest BCUT2D eigenvalue weighted by Gasteiger charge is 2.41. The van der Waals surface area contributed by atoms with Crippen LogP contribution in [-0.4, -0.2) is 16.5 Å². The van der Waals surface area contributed by atoms with E-state index >= 15 is 0 Å². The second-order valence-electron chi connectivity index (χ2n) is 4.88. The molecular formula is C16H13BrN2O2S. The number of halogens is 1. The van der Waals surface area contributed by atoms with Gasteiger partial charge in [0.2, 0.25) is 0 Å². The zero-order valence-electron chi connectivity index (χ0n) is 11.7. The second-order valence-corrected chi connectivity index (χ2v) is 6.85. The van der Waals surface area contributed by atoms with Crippen LogP contribution in [0.1, 0.15) is 5.56 Å². The van der Waals surface area contributed by atoms with Crippen LogP contribution in [0.25, 0.3) is 0 Å². The fourth-order valence-corrected chi connectivity index (χ4v) is 3.39. The maximum Gasteiger partial charge on any atom is 0.295 e. The van der Waals surface area contributed by atoms with Crippen LogP contribution in [0.4, 0.5) is 16.2 Å². The van der Waals surface area contributed by atoms with Gasteiger partial charge in [0.1, 0.15) is 0 Å². The van der Waals surface area contributed by atoms with Crippen LogP contribution in [-0.2, 0) is 4.79 Å². The van der Waals surface area contributed by atoms with E-state index in [1.165, 1.54) is 4.90 Å². The van der Waals surface area contributed by atoms with Crippen molar-refractivity contribution in [3.63, 3.8) is 0 Å². The van der Waals surface area contributed by atoms with Crippen molar-refractivity contribution in [2.24, 2.45) is 0 Å². The third kappa shape index (κ3) is 2.89. The monoisotopic (exact) mass is 376 g/mol. The number of para-hydroxylation sites is 1. The lowest BCUT2D eigenvalue weighted by Gasteiger charge is -2.16. The number of hydrogen-bond donors (Lipinski definition) is 1. The predicted molar refractivity (Wildman–Crippen MR) is 93.2 cm³/mol. The summed E-state index contributed by atoms with van der Waals surface area (Å²) >= 11 is 4.36. The number of carbonyl (C=O) groups excluding carboxylic acids is 2. The minimum Gasteiger partial charge on any atom is -0.365 e. The van der Waals surface area contributed by atoms with Gasteiger partial charge in [-0.15, -0.1) is 0 Å². The standard InChI is InChI=1S/C16H13BrN2O2S/c1-10-4-2-3-5-13(10)19-15(20)14(22-16(19)21)18-12-8-6-11(17)7-9-12/h2-9,14,18H,1H3. The summed E-state index contributed by atoms with van der Waals surface area (Å²) in [5, 5.41) is 2.24. The zero-order chi connectivity index (χ0) is 15.7. The summed E-state index contributed by atoms with van der Waals surface area (Å²) in [6.45, 7) is 1.88. The first-order valence-corrected chi connectivity index (χ1v) is 8.36. The third-order valence-corrected chi connectivity index (χ3v) is 4.81. The lowest BCUT2D eigenvalue weighted by atomic mass is 10.2. The third-order valence-electron chi connectivity index (χ3n) is 3.34. The highest BCUT2D eigenvalue weighted by atomic mass is 79.9. The molecule has 112 valence electrons. The van der Waals surface area contributed by atoms with Crippen molar-refractivity contribution in [2.75, 3.05) is 10.2 Å². The molecule has 1 saturated heterocycles. The average Bonchev–Trinajstić information content (AvgIpc) is 2.77. The van der Waals surface area contributed by atoms with E-state index in [1.54, 1.807) is 6.07 Å². The molecule has 2 amide bonds. The van der Waals surface area contributed by atoms with Crippen molar-refractivity contribution in [3.8, 4) is 0 Å². The van der Waals surface area contributed by atoms with Gasteiger partial charge in [0.25, 0.3) is 11.1 Å². The number of carbonyl (C=O) groups is 2. The molecule has 3 rings (SSSR count). The van der Waals surface area contributed by atoms with Crippen LogP contribution >= 0.6 is 27.7 Å². The van der Waals surface area contributed by atoms with Gasteiger partial charge in [0, 0.05) is 10.2 Å². The Morgan fingerprint density at radius 1 is 1.09 bits per heavy atom. The maximum atomic E-state index is 12.6. The number of nitrogens with zero attached hydrogens (tertiary/aromatic N) is 1. The Hall–Kier alpha value is -1.79. The number of amides is 2. The van der Waals surface area contributed by atoms with E-state index in [2.05, 4.69) is 21.2 Å². The number of hydrogen-bond acceptors (Lipinski definition) is 4. The molecule has 0 radical (unpaired) electrons. The summed E-state index contributed by atoms with van der Waals surface area (Å²) in [6.07, 6.45) is 0. The van der Waals surface area contributed by atoms with E-state index in [0.717, 1.165) is 27.5 Å². The fourth-order valence-electron chi connectivity index (χ4n) is 2.23. The Kier molecular flexibility index (Phi) is 4.22. The molecule has 0 bridgehead atoms. The quantitative estimate of drug-likeness (QED) is 0.862. The Balaban J connectivity index is 1.82. The van der Waals surface area contributed by atoms with Gasteiger partial charge in [-0.3, -0.25) is 9.59 Å². The van der Waals surface area contributed by atoms with Crippen LogP contribution in [0.3, 0.4) is 0 Å². The molecule has 0 aromatic heterocycles. The van der Waals surface area contributed by atoms with E-state index in [1.807, 2.05) is 49.4 Å². The van der Waals surface area contributed by atoms with Crippen LogP contribution in [0.5, 0.6) is 0 Å². The smallest absolute Gasteiger partial charge is 0.295 e. The molecule has 1 unspecified atom stereocenters. The summed E-state index contributed by atoms with van der Waals surface area (Å²) in [5.74, 6) is -0.243. The molecule has 1 heterocycles. The predicted octanol–water partition coefficient (Wildman–Crippen LogP) is 4.40. The zero-order valence-corrected chi connectivity index (χ0v) is 14.1. The lowest BCUT2D eigenvalue weighted by molar-refractivity contribution is -0.116. The molecule has 0 spiro atoms. The lowest BCUT2D eigenvalue weighted by Crippen LogP contribution is -2.34. The average molecular weight is 377 g/mol. The summed E-state index contributed by atoms with van der Waals surface area (Å²) < 4.78 is 0.959. The molecule has 22 heavy (non-hydrogen) atoms. The number of rotatable bonds is 3. The highest BCUT2D eigenvalue weighted by Crippen LogP contribution is 2.34. The first kappa shape index (κ1) is 15.1. The first-order valence-electron chi connectivity index (χ1n) is 6.68. The SMILES string of the molecule is Cc1ccccc1N1C(=O)SC(Nc2ccc(Br)cc2)C1=O. The maximum absolute atomic E-state index is 12.6. The Morgan fingerprint density at radius 2 is 1.77 bits per heavy atom. The van der Waals surface area contributed by atoms with Gasteiger partial charge in [0.15, 0.2) is 5.37 Å². The van der Waals surface area contributed by atoms with Crippen LogP contribution in [0.15, 0.2) is 53.0 Å². The van der Waals surface area contributed by atoms with E-state index in [9.17, 15) is 9.59 Å². The van der Waals surface area contributed by atoms with Crippen molar-refractivity contribution in [1.82, 2.24) is 0 Å². The Labute approximate surface area is 141 Å². The van der Waals surface area contributed by atoms with Crippen molar-refractivity contribution in [2.45, 2.75) is 12.3 Å². The van der Waals surface area contributed by atoms with Crippen molar-refractivity contribution < 1.29 is 9.59 Å². The van der Waals surface area contributed by atoms with Crippen molar-refractivity contribution >= 4 is 50.2 Å². The second kappa shape index (κ2) is 6.14. The Bertz CT molecular complexity index is 733. The molecule has 0 saturated carbocycles. The highest BCUT2D eigenvalue weighted by molar-refractivity contribution is 9.10. The van der Waals surface area contributed by atoms with E-state index in [4.69, 9.17) is 0 Å². The topological polar surface area (TPSA) is 49.4 Å². The molecule has 0 aliphatic carbocycles. The normalized spacial score (nSPS) is 17.9. The van der Waals surface area contributed by atoms with Crippen LogP contribution < -0.4 is 10.2 Å². The van der Waals surface area contributed by atoms with Crippen molar-refractivity contribution in [1.29, 1.82) is 0 Å². The number of aryl methyl sites for hydroxylation is 1. The van der Waals surface area contributed by atoms with Gasteiger partial charge in [-0.05, 0) is 54.6 Å². The summed E-state index contributed by atoms with van der Waals surface area (Å²) in [5.41, 5.74) is 2.34. The van der Waals surface area contributed by atoms with E-state index in [0.29, 0.717) is 5.69 Å². The molecule has 1 fully saturated rings. The van der Waals surface area contributed by atoms with Gasteiger partial charge in [0.05, 0.1) is 5.69 Å². The minimum atomic E-state index is -0.603. The fraction of sp³-hybridized carbons (Fsp3) is 0.125. The minimum absolute atomic E-state index is 0.243. The molecule has 1 aliphatic rings. The molecular weight excluding hydrogens is 364 g/mol. The largest absolute Gasteiger partial charge is 0.365 e. The van der Waals surface area contributed by atoms with Gasteiger partial charge < -0.3 is 5.32 Å². The summed E-state index contributed by atoms with van der Waals surface area (Å²) in [6, 6.07) is 14.9. The summed E-state index contributed by atoms with van der Waals surface area (Å²) in [4.78, 5) is 26.0. The van der Waals surface area contributed by atoms with Gasteiger partial charge in [-0.2, -0.15) is 0 Å². The summed E-state index contributed by atoms with van der Waals surface area (Å²) in [7, 11) is 0. The number of anilines is 2.